The molecule has 1 aromatic carbocycles. The minimum atomic E-state index is -4.75. The Hall–Kier alpha value is -1.89. The van der Waals surface area contributed by atoms with E-state index in [-0.39, 0.29) is 17.3 Å². The number of aliphatic hydroxyl groups excluding tert-OH is 1. The van der Waals surface area contributed by atoms with Gasteiger partial charge in [-0.2, -0.15) is 13.2 Å². The fourth-order valence-electron chi connectivity index (χ4n) is 11.7. The van der Waals surface area contributed by atoms with Crippen molar-refractivity contribution in [2.45, 2.75) is 340 Å². The lowest BCUT2D eigenvalue weighted by molar-refractivity contribution is -0.206. The fourth-order valence-corrected chi connectivity index (χ4v) is 11.7. The Morgan fingerprint density at radius 3 is 0.929 bits per heavy atom. The summed E-state index contributed by atoms with van der Waals surface area (Å²) in [6, 6.07) is 5.58. The van der Waals surface area contributed by atoms with Crippen molar-refractivity contribution in [1.29, 1.82) is 0 Å². The number of rotatable bonds is 2. The summed E-state index contributed by atoms with van der Waals surface area (Å²) in [5, 5.41) is 9.75. The van der Waals surface area contributed by atoms with Crippen LogP contribution < -0.4 is 4.90 Å². The standard InChI is InChI=1S/C63H110F3NO3/c64-63(65,66)60(69)57-48-50-58(51-49-57)67-56-55-62(61(67)70)53-46-44-42-40-38-36-34-32-30-28-26-24-22-20-18-16-14-12-10-8-6-4-2-1-3-5-7-9-11-13-15-17-19-21-23-25-27-29-31-33-35-37-39-41-43-45-47-59(68)52-54-62/h48-51,60,69H,1-47,52-56H2. The SMILES string of the molecule is O=C1CCCCCCCCCCCCCCCCCCCCCCCCCCCCCCCCCCCCCCCCCCCCCCCCC2(CC1)CCN(c1ccc(C(O)C(F)(F)F)cc1)C2=O. The number of nitrogens with zero attached hydrogens (tertiary/aromatic N) is 1. The molecule has 2 unspecified atom stereocenters. The molecular formula is C63H110F3NO3. The quantitative estimate of drug-likeness (QED) is 0.321. The van der Waals surface area contributed by atoms with Crippen molar-refractivity contribution in [2.75, 3.05) is 11.4 Å². The van der Waals surface area contributed by atoms with Gasteiger partial charge < -0.3 is 10.0 Å². The van der Waals surface area contributed by atoms with E-state index >= 15 is 0 Å². The maximum Gasteiger partial charge on any atom is 0.418 e. The van der Waals surface area contributed by atoms with Crippen molar-refractivity contribution in [2.24, 2.45) is 5.41 Å². The molecule has 1 spiro atoms. The molecule has 1 saturated heterocycles. The van der Waals surface area contributed by atoms with Gasteiger partial charge in [0.2, 0.25) is 5.91 Å². The number of amides is 1. The number of alkyl halides is 3. The molecule has 1 heterocycles. The van der Waals surface area contributed by atoms with E-state index in [1.54, 1.807) is 4.90 Å². The van der Waals surface area contributed by atoms with Gasteiger partial charge in [-0.05, 0) is 43.4 Å². The molecule has 406 valence electrons. The van der Waals surface area contributed by atoms with Gasteiger partial charge in [0.15, 0.2) is 6.10 Å². The van der Waals surface area contributed by atoms with E-state index in [0.29, 0.717) is 37.9 Å². The zero-order chi connectivity index (χ0) is 50.1. The first-order valence-electron chi connectivity index (χ1n) is 30.9. The molecule has 2 aliphatic rings. The predicted molar refractivity (Wildman–Crippen MR) is 293 cm³/mol. The smallest absolute Gasteiger partial charge is 0.379 e. The van der Waals surface area contributed by atoms with Gasteiger partial charge in [-0.3, -0.25) is 9.59 Å². The van der Waals surface area contributed by atoms with Gasteiger partial charge >= 0.3 is 6.18 Å². The van der Waals surface area contributed by atoms with Crippen molar-refractivity contribution in [3.63, 3.8) is 0 Å². The molecule has 0 aromatic heterocycles. The highest BCUT2D eigenvalue weighted by molar-refractivity contribution is 6.00. The minimum Gasteiger partial charge on any atom is -0.379 e. The van der Waals surface area contributed by atoms with Gasteiger partial charge in [0.1, 0.15) is 5.78 Å². The number of hydrogen-bond acceptors (Lipinski definition) is 3. The molecular weight excluding hydrogens is 876 g/mol. The van der Waals surface area contributed by atoms with Gasteiger partial charge in [0, 0.05) is 25.1 Å². The van der Waals surface area contributed by atoms with Gasteiger partial charge in [0.05, 0.1) is 5.41 Å². The molecule has 2 atom stereocenters. The minimum absolute atomic E-state index is 0.00117. The van der Waals surface area contributed by atoms with Crippen LogP contribution in [-0.2, 0) is 9.59 Å². The van der Waals surface area contributed by atoms with E-state index in [4.69, 9.17) is 0 Å². The first kappa shape index (κ1) is 62.4. The Labute approximate surface area is 430 Å². The highest BCUT2D eigenvalue weighted by atomic mass is 19.4. The summed E-state index contributed by atoms with van der Waals surface area (Å²) in [4.78, 5) is 29.1. The van der Waals surface area contributed by atoms with Crippen LogP contribution in [0.25, 0.3) is 0 Å². The lowest BCUT2D eigenvalue weighted by Gasteiger charge is -2.28. The van der Waals surface area contributed by atoms with E-state index in [1.807, 2.05) is 0 Å². The zero-order valence-electron chi connectivity index (χ0n) is 45.5. The summed E-state index contributed by atoms with van der Waals surface area (Å²) in [6.07, 6.45) is 58.1. The number of Topliss-reactive ketones (excluding diaryl/α,β-unsaturated/α-hetero) is 1. The first-order chi connectivity index (χ1) is 34.2. The van der Waals surface area contributed by atoms with E-state index in [9.17, 15) is 27.9 Å². The average Bonchev–Trinajstić information content (AvgIpc) is 3.68. The molecule has 1 aliphatic heterocycles. The van der Waals surface area contributed by atoms with Crippen LogP contribution in [0.2, 0.25) is 0 Å². The number of ketones is 1. The maximum atomic E-state index is 14.2. The first-order valence-corrected chi connectivity index (χ1v) is 30.9. The Bertz CT molecular complexity index is 1380. The molecule has 1 amide bonds. The summed E-state index contributed by atoms with van der Waals surface area (Å²) in [5.41, 5.74) is -0.283. The topological polar surface area (TPSA) is 57.6 Å². The molecule has 3 rings (SSSR count). The van der Waals surface area contributed by atoms with Crippen LogP contribution in [0, 0.1) is 5.41 Å². The van der Waals surface area contributed by atoms with Gasteiger partial charge in [-0.1, -0.05) is 301 Å². The fraction of sp³-hybridized carbons (Fsp3) is 0.873. The molecule has 7 heteroatoms. The number of hydrogen-bond donors (Lipinski definition) is 1. The average molecular weight is 987 g/mol. The molecule has 4 nitrogen and oxygen atoms in total. The second-order valence-electron chi connectivity index (χ2n) is 22.8. The second kappa shape index (κ2) is 41.5. The highest BCUT2D eigenvalue weighted by Gasteiger charge is 2.46. The largest absolute Gasteiger partial charge is 0.418 e. The second-order valence-corrected chi connectivity index (χ2v) is 22.8. The van der Waals surface area contributed by atoms with Crippen LogP contribution in [0.5, 0.6) is 0 Å². The number of aliphatic hydroxyl groups is 1. The van der Waals surface area contributed by atoms with Crippen LogP contribution in [0.3, 0.4) is 0 Å². The van der Waals surface area contributed by atoms with Crippen molar-refractivity contribution < 1.29 is 27.9 Å². The van der Waals surface area contributed by atoms with E-state index in [0.717, 1.165) is 38.5 Å². The monoisotopic (exact) mass is 986 g/mol. The van der Waals surface area contributed by atoms with Crippen molar-refractivity contribution >= 4 is 17.4 Å². The highest BCUT2D eigenvalue weighted by Crippen LogP contribution is 2.44. The summed E-state index contributed by atoms with van der Waals surface area (Å²) in [5.74, 6) is 0.249. The number of benzene rings is 1. The Morgan fingerprint density at radius 2 is 0.643 bits per heavy atom. The van der Waals surface area contributed by atoms with Crippen LogP contribution in [-0.4, -0.2) is 29.5 Å². The third kappa shape index (κ3) is 30.3. The van der Waals surface area contributed by atoms with Crippen molar-refractivity contribution in [1.82, 2.24) is 0 Å². The number of halogens is 3. The molecule has 0 bridgehead atoms. The van der Waals surface area contributed by atoms with Gasteiger partial charge in [-0.25, -0.2) is 0 Å². The maximum absolute atomic E-state index is 14.2. The molecule has 1 N–H and O–H groups in total. The van der Waals surface area contributed by atoms with E-state index in [2.05, 4.69) is 0 Å². The third-order valence-electron chi connectivity index (χ3n) is 16.6. The Balaban J connectivity index is 1.36. The molecule has 1 aromatic rings. The lowest BCUT2D eigenvalue weighted by atomic mass is 9.76. The Morgan fingerprint density at radius 1 is 0.371 bits per heavy atom. The van der Waals surface area contributed by atoms with E-state index < -0.39 is 17.7 Å². The number of carbonyl (C=O) groups excluding carboxylic acids is 2. The summed E-state index contributed by atoms with van der Waals surface area (Å²) < 4.78 is 39.5. The molecule has 1 aliphatic carbocycles. The van der Waals surface area contributed by atoms with E-state index in [1.165, 1.54) is 288 Å². The summed E-state index contributed by atoms with van der Waals surface area (Å²) >= 11 is 0. The lowest BCUT2D eigenvalue weighted by Crippen LogP contribution is -2.35. The molecule has 70 heavy (non-hydrogen) atoms. The molecule has 0 radical (unpaired) electrons. The third-order valence-corrected chi connectivity index (χ3v) is 16.6. The summed E-state index contributed by atoms with van der Waals surface area (Å²) in [6.45, 7) is 0.494. The van der Waals surface area contributed by atoms with Crippen molar-refractivity contribution in [3.05, 3.63) is 29.8 Å². The predicted octanol–water partition coefficient (Wildman–Crippen LogP) is 21.1. The number of anilines is 1. The normalized spacial score (nSPS) is 24.8. The van der Waals surface area contributed by atoms with Gasteiger partial charge in [0.25, 0.3) is 0 Å². The van der Waals surface area contributed by atoms with Crippen molar-refractivity contribution in [3.8, 4) is 0 Å². The number of carbonyl (C=O) groups is 2. The van der Waals surface area contributed by atoms with Crippen LogP contribution >= 0.6 is 0 Å². The Kier molecular flexibility index (Phi) is 37.0. The zero-order valence-corrected chi connectivity index (χ0v) is 45.5. The van der Waals surface area contributed by atoms with Crippen LogP contribution in [0.15, 0.2) is 24.3 Å². The molecule has 1 saturated carbocycles. The van der Waals surface area contributed by atoms with Crippen LogP contribution in [0.4, 0.5) is 18.9 Å². The summed E-state index contributed by atoms with van der Waals surface area (Å²) in [7, 11) is 0. The van der Waals surface area contributed by atoms with Crippen LogP contribution in [0.1, 0.15) is 339 Å². The van der Waals surface area contributed by atoms with Gasteiger partial charge in [-0.15, -0.1) is 0 Å². The molecule has 2 fully saturated rings.